The molecule has 0 fully saturated rings. The van der Waals surface area contributed by atoms with Crippen LogP contribution in [0.5, 0.6) is 0 Å². The zero-order chi connectivity index (χ0) is 13.5. The molecule has 0 radical (unpaired) electrons. The maximum Gasteiger partial charge on any atom is 0.320 e. The predicted molar refractivity (Wildman–Crippen MR) is 69.6 cm³/mol. The van der Waals surface area contributed by atoms with Crippen molar-refractivity contribution in [2.45, 2.75) is 26.3 Å². The molecule has 0 saturated carbocycles. The number of amides is 1. The second kappa shape index (κ2) is 6.76. The van der Waals surface area contributed by atoms with Gasteiger partial charge in [-0.1, -0.05) is 19.1 Å². The van der Waals surface area contributed by atoms with Crippen LogP contribution in [0.4, 0.5) is 5.69 Å². The molecule has 0 unspecified atom stereocenters. The lowest BCUT2D eigenvalue weighted by atomic mass is 10.1. The number of carboxylic acids is 1. The summed E-state index contributed by atoms with van der Waals surface area (Å²) in [6, 6.07) is 6.82. The number of aryl methyl sites for hydroxylation is 1. The van der Waals surface area contributed by atoms with Crippen LogP contribution in [0.25, 0.3) is 0 Å². The largest absolute Gasteiger partial charge is 0.480 e. The molecule has 1 amide bonds. The number of anilines is 1. The average Bonchev–Trinajstić information content (AvgIpc) is 2.36. The highest BCUT2D eigenvalue weighted by atomic mass is 16.4. The molecule has 0 aliphatic heterocycles. The van der Waals surface area contributed by atoms with Gasteiger partial charge in [0.05, 0.1) is 6.54 Å². The maximum absolute atomic E-state index is 11.5. The van der Waals surface area contributed by atoms with Gasteiger partial charge in [0, 0.05) is 5.69 Å². The van der Waals surface area contributed by atoms with Gasteiger partial charge in [-0.25, -0.2) is 0 Å². The molecule has 0 heterocycles. The minimum absolute atomic E-state index is 0.0248. The van der Waals surface area contributed by atoms with E-state index in [0.29, 0.717) is 5.69 Å². The first-order chi connectivity index (χ1) is 8.52. The van der Waals surface area contributed by atoms with Gasteiger partial charge >= 0.3 is 5.97 Å². The molecule has 1 aromatic rings. The van der Waals surface area contributed by atoms with Crippen molar-refractivity contribution in [1.29, 1.82) is 0 Å². The SMILES string of the molecule is CCc1ccc(NC(=O)CN[C@H](C)C(=O)O)cc1. The first-order valence-corrected chi connectivity index (χ1v) is 5.88. The Bertz CT molecular complexity index is 415. The van der Waals surface area contributed by atoms with Crippen LogP contribution in [0, 0.1) is 0 Å². The van der Waals surface area contributed by atoms with Crippen LogP contribution in [0.3, 0.4) is 0 Å². The number of benzene rings is 1. The molecule has 1 aromatic carbocycles. The Labute approximate surface area is 106 Å². The van der Waals surface area contributed by atoms with E-state index in [9.17, 15) is 9.59 Å². The Morgan fingerprint density at radius 2 is 1.89 bits per heavy atom. The summed E-state index contributed by atoms with van der Waals surface area (Å²) in [6.07, 6.45) is 0.950. The van der Waals surface area contributed by atoms with E-state index in [1.165, 1.54) is 12.5 Å². The summed E-state index contributed by atoms with van der Waals surface area (Å²) in [5.74, 6) is -1.23. The highest BCUT2D eigenvalue weighted by Gasteiger charge is 2.11. The fraction of sp³-hybridized carbons (Fsp3) is 0.385. The molecule has 0 aliphatic rings. The van der Waals surface area contributed by atoms with Crippen LogP contribution in [-0.4, -0.2) is 29.6 Å². The Balaban J connectivity index is 2.42. The zero-order valence-corrected chi connectivity index (χ0v) is 10.6. The third kappa shape index (κ3) is 4.55. The predicted octanol–water partition coefficient (Wildman–Crippen LogP) is 1.25. The highest BCUT2D eigenvalue weighted by Crippen LogP contribution is 2.09. The first-order valence-electron chi connectivity index (χ1n) is 5.88. The van der Waals surface area contributed by atoms with Gasteiger partial charge in [0.25, 0.3) is 0 Å². The van der Waals surface area contributed by atoms with E-state index in [1.54, 1.807) is 0 Å². The molecule has 0 aliphatic carbocycles. The smallest absolute Gasteiger partial charge is 0.320 e. The van der Waals surface area contributed by atoms with Crippen LogP contribution in [0.1, 0.15) is 19.4 Å². The van der Waals surface area contributed by atoms with Gasteiger partial charge in [-0.3, -0.25) is 14.9 Å². The Morgan fingerprint density at radius 1 is 1.28 bits per heavy atom. The zero-order valence-electron chi connectivity index (χ0n) is 10.6. The molecule has 0 aromatic heterocycles. The van der Waals surface area contributed by atoms with Crippen molar-refractivity contribution < 1.29 is 14.7 Å². The number of aliphatic carboxylic acids is 1. The molecule has 5 nitrogen and oxygen atoms in total. The summed E-state index contributed by atoms with van der Waals surface area (Å²) < 4.78 is 0. The van der Waals surface area contributed by atoms with E-state index in [4.69, 9.17) is 5.11 Å². The number of hydrogen-bond acceptors (Lipinski definition) is 3. The third-order valence-corrected chi connectivity index (χ3v) is 2.59. The summed E-state index contributed by atoms with van der Waals surface area (Å²) in [5, 5.41) is 14.0. The minimum Gasteiger partial charge on any atom is -0.480 e. The molecular weight excluding hydrogens is 232 g/mol. The number of carbonyl (C=O) groups is 2. The molecule has 0 saturated heterocycles. The third-order valence-electron chi connectivity index (χ3n) is 2.59. The molecular formula is C13H18N2O3. The first kappa shape index (κ1) is 14.2. The van der Waals surface area contributed by atoms with Gasteiger partial charge in [-0.05, 0) is 31.0 Å². The lowest BCUT2D eigenvalue weighted by Gasteiger charge is -2.09. The van der Waals surface area contributed by atoms with Crippen molar-refractivity contribution in [3.8, 4) is 0 Å². The molecule has 98 valence electrons. The molecule has 18 heavy (non-hydrogen) atoms. The fourth-order valence-electron chi connectivity index (χ4n) is 1.36. The summed E-state index contributed by atoms with van der Waals surface area (Å²) in [7, 11) is 0. The second-order valence-electron chi connectivity index (χ2n) is 4.04. The Morgan fingerprint density at radius 3 is 2.39 bits per heavy atom. The quantitative estimate of drug-likeness (QED) is 0.710. The molecule has 1 rings (SSSR count). The topological polar surface area (TPSA) is 78.4 Å². The van der Waals surface area contributed by atoms with Crippen molar-refractivity contribution in [1.82, 2.24) is 5.32 Å². The van der Waals surface area contributed by atoms with Crippen molar-refractivity contribution >= 4 is 17.6 Å². The van der Waals surface area contributed by atoms with Crippen LogP contribution >= 0.6 is 0 Å². The summed E-state index contributed by atoms with van der Waals surface area (Å²) in [4.78, 5) is 22.1. The van der Waals surface area contributed by atoms with E-state index in [1.807, 2.05) is 24.3 Å². The van der Waals surface area contributed by atoms with E-state index in [-0.39, 0.29) is 12.5 Å². The highest BCUT2D eigenvalue weighted by molar-refractivity contribution is 5.92. The lowest BCUT2D eigenvalue weighted by molar-refractivity contribution is -0.139. The van der Waals surface area contributed by atoms with Crippen LogP contribution in [0.15, 0.2) is 24.3 Å². The number of nitrogens with one attached hydrogen (secondary N) is 2. The summed E-state index contributed by atoms with van der Waals surface area (Å²) >= 11 is 0. The van der Waals surface area contributed by atoms with E-state index >= 15 is 0 Å². The molecule has 0 bridgehead atoms. The van der Waals surface area contributed by atoms with Gasteiger partial charge in [-0.2, -0.15) is 0 Å². The van der Waals surface area contributed by atoms with E-state index in [2.05, 4.69) is 17.6 Å². The number of carbonyl (C=O) groups excluding carboxylic acids is 1. The van der Waals surface area contributed by atoms with Crippen molar-refractivity contribution in [2.24, 2.45) is 0 Å². The van der Waals surface area contributed by atoms with Gasteiger partial charge in [0.15, 0.2) is 0 Å². The van der Waals surface area contributed by atoms with Crippen molar-refractivity contribution in [3.05, 3.63) is 29.8 Å². The van der Waals surface area contributed by atoms with Crippen molar-refractivity contribution in [3.63, 3.8) is 0 Å². The number of hydrogen-bond donors (Lipinski definition) is 3. The standard InChI is InChI=1S/C13H18N2O3/c1-3-10-4-6-11(7-5-10)15-12(16)8-14-9(2)13(17)18/h4-7,9,14H,3,8H2,1-2H3,(H,15,16)(H,17,18)/t9-/m1/s1. The Kier molecular flexibility index (Phi) is 5.32. The lowest BCUT2D eigenvalue weighted by Crippen LogP contribution is -2.39. The fourth-order valence-corrected chi connectivity index (χ4v) is 1.36. The van der Waals surface area contributed by atoms with Crippen LogP contribution in [-0.2, 0) is 16.0 Å². The monoisotopic (exact) mass is 250 g/mol. The van der Waals surface area contributed by atoms with Crippen molar-refractivity contribution in [2.75, 3.05) is 11.9 Å². The maximum atomic E-state index is 11.5. The normalized spacial score (nSPS) is 11.9. The molecule has 1 atom stereocenters. The summed E-state index contributed by atoms with van der Waals surface area (Å²) in [5.41, 5.74) is 1.91. The average molecular weight is 250 g/mol. The number of carboxylic acid groups (broad SMARTS) is 1. The minimum atomic E-state index is -0.977. The van der Waals surface area contributed by atoms with Gasteiger partial charge in [0.2, 0.25) is 5.91 Å². The van der Waals surface area contributed by atoms with Crippen LogP contribution < -0.4 is 10.6 Å². The molecule has 3 N–H and O–H groups in total. The van der Waals surface area contributed by atoms with E-state index < -0.39 is 12.0 Å². The number of rotatable bonds is 6. The second-order valence-corrected chi connectivity index (χ2v) is 4.04. The van der Waals surface area contributed by atoms with Gasteiger partial charge < -0.3 is 10.4 Å². The van der Waals surface area contributed by atoms with Gasteiger partial charge in [-0.15, -0.1) is 0 Å². The molecule has 0 spiro atoms. The van der Waals surface area contributed by atoms with Gasteiger partial charge in [0.1, 0.15) is 6.04 Å². The Hall–Kier alpha value is -1.88. The van der Waals surface area contributed by atoms with E-state index in [0.717, 1.165) is 6.42 Å². The molecule has 5 heteroatoms. The summed E-state index contributed by atoms with van der Waals surface area (Å²) in [6.45, 7) is 3.53. The van der Waals surface area contributed by atoms with Crippen LogP contribution in [0.2, 0.25) is 0 Å².